The number of phenols is 1. The standard InChI is InChI=1S/C20H17ClN6O5S/c1-4-32-14-10-5-7-11(22-14)19-25-18-20(24-17(16(21)23-18)26-33(3,29)30)27(19)15-12(28)8-6-9-13(15)31-2/h6,8-10,28H,4H2,1-3H3,(H,24,26). The molecule has 0 amide bonds. The van der Waals surface area contributed by atoms with Gasteiger partial charge in [-0.15, -0.1) is 0 Å². The molecule has 0 radical (unpaired) electrons. The number of hydrogen-bond donors (Lipinski definition) is 2. The zero-order chi connectivity index (χ0) is 23.8. The summed E-state index contributed by atoms with van der Waals surface area (Å²) in [7, 11) is -2.27. The Bertz CT molecular complexity index is 1520. The van der Waals surface area contributed by atoms with Gasteiger partial charge in [0.1, 0.15) is 17.2 Å². The highest BCUT2D eigenvalue weighted by Gasteiger charge is 2.25. The Morgan fingerprint density at radius 1 is 1.27 bits per heavy atom. The number of aromatic hydroxyl groups is 1. The minimum atomic E-state index is -3.70. The number of benzene rings is 1. The van der Waals surface area contributed by atoms with Crippen molar-refractivity contribution >= 4 is 50.3 Å². The molecule has 0 saturated carbocycles. The molecule has 11 nitrogen and oxygen atoms in total. The lowest BCUT2D eigenvalue weighted by molar-refractivity contribution is 0.330. The predicted octanol–water partition coefficient (Wildman–Crippen LogP) is 2.65. The number of hydrogen-bond acceptors (Lipinski definition) is 9. The van der Waals surface area contributed by atoms with Gasteiger partial charge in [-0.3, -0.25) is 9.29 Å². The van der Waals surface area contributed by atoms with Crippen LogP contribution in [0.2, 0.25) is 5.15 Å². The fraction of sp³-hybridized carbons (Fsp3) is 0.200. The third-order valence-electron chi connectivity index (χ3n) is 4.27. The van der Waals surface area contributed by atoms with Gasteiger partial charge in [0.25, 0.3) is 0 Å². The van der Waals surface area contributed by atoms with E-state index in [1.807, 2.05) is 6.92 Å². The predicted molar refractivity (Wildman–Crippen MR) is 122 cm³/mol. The van der Waals surface area contributed by atoms with Crippen LogP contribution in [0, 0.1) is 0 Å². The number of sulfonamides is 1. The van der Waals surface area contributed by atoms with Gasteiger partial charge in [-0.05, 0) is 24.8 Å². The lowest BCUT2D eigenvalue weighted by Crippen LogP contribution is -2.12. The van der Waals surface area contributed by atoms with Gasteiger partial charge >= 0.3 is 0 Å². The van der Waals surface area contributed by atoms with Crippen molar-refractivity contribution in [1.29, 1.82) is 0 Å². The number of halogens is 1. The number of aliphatic imine (C=N–C) groups is 1. The molecule has 3 aromatic rings. The van der Waals surface area contributed by atoms with Gasteiger partial charge < -0.3 is 14.6 Å². The van der Waals surface area contributed by atoms with Crippen LogP contribution in [0.1, 0.15) is 12.7 Å². The van der Waals surface area contributed by atoms with E-state index in [-0.39, 0.29) is 56.9 Å². The first-order valence-corrected chi connectivity index (χ1v) is 11.7. The fourth-order valence-corrected chi connectivity index (χ4v) is 3.77. The van der Waals surface area contributed by atoms with E-state index in [0.717, 1.165) is 6.26 Å². The van der Waals surface area contributed by atoms with Crippen LogP contribution in [0.4, 0.5) is 5.82 Å². The molecule has 0 unspecified atom stereocenters. The van der Waals surface area contributed by atoms with Crippen LogP contribution in [-0.2, 0) is 14.8 Å². The van der Waals surface area contributed by atoms with E-state index in [4.69, 9.17) is 21.1 Å². The second-order valence-corrected chi connectivity index (χ2v) is 8.74. The smallest absolute Gasteiger partial charge is 0.231 e. The van der Waals surface area contributed by atoms with Crippen LogP contribution in [0.3, 0.4) is 0 Å². The Morgan fingerprint density at radius 3 is 2.76 bits per heavy atom. The van der Waals surface area contributed by atoms with E-state index < -0.39 is 10.0 Å². The summed E-state index contributed by atoms with van der Waals surface area (Å²) in [5.41, 5.74) is 6.20. The van der Waals surface area contributed by atoms with Crippen LogP contribution in [0.5, 0.6) is 11.5 Å². The summed E-state index contributed by atoms with van der Waals surface area (Å²) in [6, 6.07) is 4.68. The molecular formula is C20H17ClN6O5S. The SMILES string of the molecule is CCOC1=NC(c2nc3nc(Cl)c(NS(C)(=O)=O)nc3n2-c2c(O)cccc2OC)=C=C=C1. The number of rotatable bonds is 6. The van der Waals surface area contributed by atoms with Crippen LogP contribution in [0.15, 0.2) is 40.7 Å². The second-order valence-electron chi connectivity index (χ2n) is 6.63. The molecule has 33 heavy (non-hydrogen) atoms. The summed E-state index contributed by atoms with van der Waals surface area (Å²) in [4.78, 5) is 17.4. The van der Waals surface area contributed by atoms with Crippen molar-refractivity contribution in [3.63, 3.8) is 0 Å². The third-order valence-corrected chi connectivity index (χ3v) is 5.10. The molecule has 2 N–H and O–H groups in total. The molecule has 0 aliphatic carbocycles. The van der Waals surface area contributed by atoms with E-state index in [1.54, 1.807) is 12.1 Å². The molecule has 170 valence electrons. The Kier molecular flexibility index (Phi) is 5.84. The van der Waals surface area contributed by atoms with E-state index in [0.29, 0.717) is 6.61 Å². The van der Waals surface area contributed by atoms with Crippen LogP contribution >= 0.6 is 11.6 Å². The number of nitrogens with one attached hydrogen (secondary N) is 1. The van der Waals surface area contributed by atoms with E-state index >= 15 is 0 Å². The van der Waals surface area contributed by atoms with Gasteiger partial charge in [-0.2, -0.15) is 0 Å². The van der Waals surface area contributed by atoms with Crippen LogP contribution in [-0.4, -0.2) is 58.9 Å². The minimum absolute atomic E-state index is 0.0661. The highest BCUT2D eigenvalue weighted by Crippen LogP contribution is 2.37. The molecule has 3 heterocycles. The minimum Gasteiger partial charge on any atom is -0.506 e. The van der Waals surface area contributed by atoms with Crippen molar-refractivity contribution in [2.45, 2.75) is 6.92 Å². The Balaban J connectivity index is 2.08. The lowest BCUT2D eigenvalue weighted by atomic mass is 10.2. The molecule has 0 spiro atoms. The number of aromatic nitrogens is 4. The summed E-state index contributed by atoms with van der Waals surface area (Å²) in [6.45, 7) is 2.19. The normalized spacial score (nSPS) is 13.1. The molecule has 0 atom stereocenters. The quantitative estimate of drug-likeness (QED) is 0.504. The molecule has 1 aromatic carbocycles. The molecule has 4 rings (SSSR count). The molecule has 1 aliphatic heterocycles. The number of nitrogens with zero attached hydrogens (tertiary/aromatic N) is 5. The average molecular weight is 489 g/mol. The number of anilines is 1. The molecule has 0 fully saturated rings. The molecule has 1 aliphatic rings. The number of methoxy groups -OCH3 is 1. The Labute approximate surface area is 193 Å². The zero-order valence-corrected chi connectivity index (χ0v) is 19.2. The summed E-state index contributed by atoms with van der Waals surface area (Å²) in [6.07, 6.45) is 2.47. The van der Waals surface area contributed by atoms with Gasteiger partial charge in [0.2, 0.25) is 15.9 Å². The zero-order valence-electron chi connectivity index (χ0n) is 17.6. The van der Waals surface area contributed by atoms with Crippen LogP contribution in [0.25, 0.3) is 22.7 Å². The number of phenolic OH excluding ortho intramolecular Hbond substituents is 1. The largest absolute Gasteiger partial charge is 0.506 e. The van der Waals surface area contributed by atoms with Crippen molar-refractivity contribution in [3.05, 3.63) is 46.7 Å². The summed E-state index contributed by atoms with van der Waals surface area (Å²) < 4.78 is 38.1. The maximum Gasteiger partial charge on any atom is 0.231 e. The number of fused-ring (bicyclic) bond motifs is 1. The van der Waals surface area contributed by atoms with Gasteiger partial charge in [0.05, 0.1) is 26.0 Å². The number of para-hydroxylation sites is 1. The maximum absolute atomic E-state index is 11.8. The monoisotopic (exact) mass is 488 g/mol. The van der Waals surface area contributed by atoms with Crippen molar-refractivity contribution in [3.8, 4) is 17.2 Å². The van der Waals surface area contributed by atoms with Gasteiger partial charge in [0, 0.05) is 0 Å². The summed E-state index contributed by atoms with van der Waals surface area (Å²) in [5.74, 6) is 0.368. The second kappa shape index (κ2) is 8.61. The summed E-state index contributed by atoms with van der Waals surface area (Å²) >= 11 is 6.15. The van der Waals surface area contributed by atoms with E-state index in [9.17, 15) is 13.5 Å². The van der Waals surface area contributed by atoms with Gasteiger partial charge in [-0.25, -0.2) is 28.4 Å². The summed E-state index contributed by atoms with van der Waals surface area (Å²) in [5, 5.41) is 10.5. The van der Waals surface area contributed by atoms with E-state index in [1.165, 1.54) is 23.8 Å². The number of imidazole rings is 1. The highest BCUT2D eigenvalue weighted by molar-refractivity contribution is 7.92. The maximum atomic E-state index is 11.8. The number of ether oxygens (including phenoxy) is 2. The first-order valence-electron chi connectivity index (χ1n) is 9.45. The Morgan fingerprint density at radius 2 is 2.06 bits per heavy atom. The first-order chi connectivity index (χ1) is 15.7. The topological polar surface area (TPSA) is 141 Å². The van der Waals surface area contributed by atoms with Gasteiger partial charge in [0.15, 0.2) is 33.8 Å². The Hall–Kier alpha value is -3.82. The molecule has 2 aromatic heterocycles. The lowest BCUT2D eigenvalue weighted by Gasteiger charge is -2.14. The average Bonchev–Trinajstić information content (AvgIpc) is 3.11. The molecule has 13 heteroatoms. The van der Waals surface area contributed by atoms with Crippen molar-refractivity contribution in [2.24, 2.45) is 4.99 Å². The van der Waals surface area contributed by atoms with Gasteiger partial charge in [-0.1, -0.05) is 23.4 Å². The van der Waals surface area contributed by atoms with Crippen molar-refractivity contribution < 1.29 is 23.0 Å². The first kappa shape index (κ1) is 22.4. The third kappa shape index (κ3) is 4.41. The highest BCUT2D eigenvalue weighted by atomic mass is 35.5. The van der Waals surface area contributed by atoms with Crippen molar-refractivity contribution in [2.75, 3.05) is 24.7 Å². The van der Waals surface area contributed by atoms with Crippen molar-refractivity contribution in [1.82, 2.24) is 19.5 Å². The molecule has 0 saturated heterocycles. The van der Waals surface area contributed by atoms with Crippen LogP contribution < -0.4 is 9.46 Å². The van der Waals surface area contributed by atoms with E-state index in [2.05, 4.69) is 36.1 Å². The fourth-order valence-electron chi connectivity index (χ4n) is 3.05. The molecule has 0 bridgehead atoms. The molecular weight excluding hydrogens is 472 g/mol.